The maximum Gasteiger partial charge on any atom is 0.259 e. The number of nitriles is 1. The maximum atomic E-state index is 11.9. The number of carbonyl (C=O) groups is 1. The summed E-state index contributed by atoms with van der Waals surface area (Å²) in [5.74, 6) is 0.201. The van der Waals surface area contributed by atoms with Crippen LogP contribution in [0.2, 0.25) is 0 Å². The number of carbonyl (C=O) groups excluding carboxylic acids is 1. The van der Waals surface area contributed by atoms with E-state index < -0.39 is 5.78 Å². The molecule has 0 spiro atoms. The van der Waals surface area contributed by atoms with Gasteiger partial charge in [0, 0.05) is 0 Å². The molecule has 2 aromatic rings. The lowest BCUT2D eigenvalue weighted by Gasteiger charge is -2.02. The highest BCUT2D eigenvalue weighted by Gasteiger charge is 2.16. The number of hydrogen-bond acceptors (Lipinski definition) is 6. The Morgan fingerprint density at radius 1 is 1.35 bits per heavy atom. The van der Waals surface area contributed by atoms with E-state index >= 15 is 0 Å². The van der Waals surface area contributed by atoms with E-state index in [9.17, 15) is 4.79 Å². The second kappa shape index (κ2) is 6.20. The summed E-state index contributed by atoms with van der Waals surface area (Å²) < 4.78 is 9.96. The first-order valence-corrected chi connectivity index (χ1v) is 5.70. The van der Waals surface area contributed by atoms with Gasteiger partial charge < -0.3 is 9.15 Å². The third-order valence-electron chi connectivity index (χ3n) is 2.45. The van der Waals surface area contributed by atoms with Crippen molar-refractivity contribution in [1.82, 2.24) is 0 Å². The summed E-state index contributed by atoms with van der Waals surface area (Å²) in [7, 11) is 1.57. The van der Waals surface area contributed by atoms with Crippen molar-refractivity contribution < 1.29 is 13.9 Å². The quantitative estimate of drug-likeness (QED) is 0.511. The minimum atomic E-state index is -0.571. The molecule has 0 saturated heterocycles. The van der Waals surface area contributed by atoms with E-state index in [1.54, 1.807) is 43.5 Å². The van der Waals surface area contributed by atoms with Crippen LogP contribution in [-0.2, 0) is 0 Å². The predicted molar refractivity (Wildman–Crippen MR) is 72.7 cm³/mol. The zero-order chi connectivity index (χ0) is 14.4. The Labute approximate surface area is 115 Å². The SMILES string of the molecule is COc1ccc(N/N=C(\C#N)C(=O)c2ccco2)cc1. The van der Waals surface area contributed by atoms with Gasteiger partial charge in [0.05, 0.1) is 19.1 Å². The highest BCUT2D eigenvalue weighted by atomic mass is 16.5. The van der Waals surface area contributed by atoms with Crippen molar-refractivity contribution in [2.45, 2.75) is 0 Å². The fraction of sp³-hybridized carbons (Fsp3) is 0.0714. The number of ether oxygens (including phenoxy) is 1. The van der Waals surface area contributed by atoms with Gasteiger partial charge in [0.15, 0.2) is 5.76 Å². The molecule has 100 valence electrons. The van der Waals surface area contributed by atoms with Gasteiger partial charge in [0.25, 0.3) is 5.78 Å². The molecule has 2 rings (SSSR count). The molecule has 1 aromatic heterocycles. The van der Waals surface area contributed by atoms with Crippen molar-refractivity contribution in [3.8, 4) is 11.8 Å². The Balaban J connectivity index is 2.11. The highest BCUT2D eigenvalue weighted by Crippen LogP contribution is 2.15. The zero-order valence-electron chi connectivity index (χ0n) is 10.7. The van der Waals surface area contributed by atoms with Gasteiger partial charge in [-0.05, 0) is 36.4 Å². The average molecular weight is 269 g/mol. The largest absolute Gasteiger partial charge is 0.497 e. The first kappa shape index (κ1) is 13.4. The third kappa shape index (κ3) is 3.03. The van der Waals surface area contributed by atoms with Gasteiger partial charge in [-0.25, -0.2) is 0 Å². The lowest BCUT2D eigenvalue weighted by Crippen LogP contribution is -2.13. The number of Topliss-reactive ketones (excluding diaryl/α,β-unsaturated/α-hetero) is 1. The van der Waals surface area contributed by atoms with Crippen molar-refractivity contribution in [2.24, 2.45) is 5.10 Å². The molecule has 0 aliphatic rings. The monoisotopic (exact) mass is 269 g/mol. The van der Waals surface area contributed by atoms with E-state index in [0.29, 0.717) is 11.4 Å². The van der Waals surface area contributed by atoms with Crippen LogP contribution in [0.15, 0.2) is 52.2 Å². The van der Waals surface area contributed by atoms with Crippen molar-refractivity contribution in [3.05, 3.63) is 48.4 Å². The molecule has 0 amide bonds. The summed E-state index contributed by atoms with van der Waals surface area (Å²) in [5, 5.41) is 12.7. The first-order chi connectivity index (χ1) is 9.74. The predicted octanol–water partition coefficient (Wildman–Crippen LogP) is 2.46. The topological polar surface area (TPSA) is 87.6 Å². The lowest BCUT2D eigenvalue weighted by molar-refractivity contribution is 0.104. The van der Waals surface area contributed by atoms with E-state index in [-0.39, 0.29) is 11.5 Å². The average Bonchev–Trinajstić information content (AvgIpc) is 3.02. The lowest BCUT2D eigenvalue weighted by atomic mass is 10.2. The number of nitrogens with zero attached hydrogens (tertiary/aromatic N) is 2. The van der Waals surface area contributed by atoms with Crippen LogP contribution >= 0.6 is 0 Å². The fourth-order valence-corrected chi connectivity index (χ4v) is 1.44. The minimum Gasteiger partial charge on any atom is -0.497 e. The van der Waals surface area contributed by atoms with Gasteiger partial charge in [-0.2, -0.15) is 10.4 Å². The van der Waals surface area contributed by atoms with Crippen molar-refractivity contribution in [2.75, 3.05) is 12.5 Å². The molecule has 20 heavy (non-hydrogen) atoms. The van der Waals surface area contributed by atoms with Crippen molar-refractivity contribution in [3.63, 3.8) is 0 Å². The van der Waals surface area contributed by atoms with E-state index in [2.05, 4.69) is 10.5 Å². The van der Waals surface area contributed by atoms with Gasteiger partial charge in [0.1, 0.15) is 11.8 Å². The Morgan fingerprint density at radius 2 is 2.10 bits per heavy atom. The Morgan fingerprint density at radius 3 is 2.65 bits per heavy atom. The fourth-order valence-electron chi connectivity index (χ4n) is 1.44. The summed E-state index contributed by atoms with van der Waals surface area (Å²) in [5.41, 5.74) is 2.99. The van der Waals surface area contributed by atoms with E-state index in [1.807, 2.05) is 0 Å². The number of hydrazone groups is 1. The van der Waals surface area contributed by atoms with Crippen LogP contribution in [0.25, 0.3) is 0 Å². The van der Waals surface area contributed by atoms with Gasteiger partial charge in [-0.15, -0.1) is 0 Å². The van der Waals surface area contributed by atoms with Gasteiger partial charge in [0.2, 0.25) is 5.71 Å². The summed E-state index contributed by atoms with van der Waals surface area (Å²) in [6.45, 7) is 0. The molecular formula is C14H11N3O3. The molecule has 0 aliphatic carbocycles. The Hall–Kier alpha value is -3.07. The molecule has 0 bridgehead atoms. The third-order valence-corrected chi connectivity index (χ3v) is 2.45. The number of hydrogen-bond donors (Lipinski definition) is 1. The standard InChI is InChI=1S/C14H11N3O3/c1-19-11-6-4-10(5-7-11)16-17-12(9-15)14(18)13-3-2-8-20-13/h2-8,16H,1H3/b17-12+. The van der Waals surface area contributed by atoms with Gasteiger partial charge in [-0.1, -0.05) is 0 Å². The second-order valence-electron chi connectivity index (χ2n) is 3.72. The smallest absolute Gasteiger partial charge is 0.259 e. The van der Waals surface area contributed by atoms with E-state index in [0.717, 1.165) is 0 Å². The first-order valence-electron chi connectivity index (χ1n) is 5.70. The molecule has 0 radical (unpaired) electrons. The van der Waals surface area contributed by atoms with Crippen LogP contribution in [0.5, 0.6) is 5.75 Å². The number of benzene rings is 1. The van der Waals surface area contributed by atoms with Crippen LogP contribution in [0.1, 0.15) is 10.6 Å². The number of furan rings is 1. The number of anilines is 1. The molecule has 6 heteroatoms. The number of rotatable bonds is 5. The van der Waals surface area contributed by atoms with Crippen molar-refractivity contribution in [1.29, 1.82) is 5.26 Å². The molecule has 0 saturated carbocycles. The molecule has 6 nitrogen and oxygen atoms in total. The second-order valence-corrected chi connectivity index (χ2v) is 3.72. The molecule has 0 unspecified atom stereocenters. The Kier molecular flexibility index (Phi) is 4.14. The van der Waals surface area contributed by atoms with Gasteiger partial charge >= 0.3 is 0 Å². The molecule has 0 aliphatic heterocycles. The number of nitrogens with one attached hydrogen (secondary N) is 1. The summed E-state index contributed by atoms with van der Waals surface area (Å²) in [4.78, 5) is 11.9. The molecule has 1 N–H and O–H groups in total. The summed E-state index contributed by atoms with van der Waals surface area (Å²) in [6.07, 6.45) is 1.36. The number of methoxy groups -OCH3 is 1. The van der Waals surface area contributed by atoms with Crippen LogP contribution in [0.3, 0.4) is 0 Å². The van der Waals surface area contributed by atoms with E-state index in [4.69, 9.17) is 14.4 Å². The van der Waals surface area contributed by atoms with Crippen LogP contribution in [0.4, 0.5) is 5.69 Å². The molecule has 1 aromatic carbocycles. The molecule has 0 atom stereocenters. The normalized spacial score (nSPS) is 10.7. The van der Waals surface area contributed by atoms with E-state index in [1.165, 1.54) is 12.3 Å². The van der Waals surface area contributed by atoms with Gasteiger partial charge in [-0.3, -0.25) is 10.2 Å². The summed E-state index contributed by atoms with van der Waals surface area (Å²) >= 11 is 0. The minimum absolute atomic E-state index is 0.0711. The van der Waals surface area contributed by atoms with Crippen LogP contribution < -0.4 is 10.2 Å². The molecule has 1 heterocycles. The maximum absolute atomic E-state index is 11.9. The molecular weight excluding hydrogens is 258 g/mol. The van der Waals surface area contributed by atoms with Crippen molar-refractivity contribution >= 4 is 17.2 Å². The summed E-state index contributed by atoms with van der Waals surface area (Å²) in [6, 6.07) is 11.7. The zero-order valence-corrected chi connectivity index (χ0v) is 10.7. The number of ketones is 1. The molecule has 0 fully saturated rings. The Bertz CT molecular complexity index is 652. The highest BCUT2D eigenvalue weighted by molar-refractivity contribution is 6.50. The van der Waals surface area contributed by atoms with Crippen LogP contribution in [0, 0.1) is 11.3 Å². The van der Waals surface area contributed by atoms with Crippen LogP contribution in [-0.4, -0.2) is 18.6 Å².